The third-order valence-electron chi connectivity index (χ3n) is 5.63. The minimum atomic E-state index is -1.09. The Morgan fingerprint density at radius 1 is 1.04 bits per heavy atom. The number of likely N-dealkylation sites (tertiary alicyclic amines) is 1. The van der Waals surface area contributed by atoms with Crippen LogP contribution in [0.15, 0.2) is 54.7 Å². The van der Waals surface area contributed by atoms with E-state index in [1.807, 2.05) is 43.3 Å². The molecule has 0 saturated carbocycles. The number of hydrogen-bond donors (Lipinski definition) is 2. The number of carbonyl (C=O) groups excluding carboxylic acids is 1. The number of fused-ring (bicyclic) bond motifs is 1. The van der Waals surface area contributed by atoms with Gasteiger partial charge in [-0.15, -0.1) is 0 Å². The Balaban J connectivity index is 1.69. The van der Waals surface area contributed by atoms with Crippen LogP contribution in [-0.2, 0) is 0 Å². The van der Waals surface area contributed by atoms with Gasteiger partial charge in [0.25, 0.3) is 0 Å². The van der Waals surface area contributed by atoms with E-state index in [0.717, 1.165) is 42.4 Å². The van der Waals surface area contributed by atoms with Gasteiger partial charge in [-0.05, 0) is 44.5 Å². The summed E-state index contributed by atoms with van der Waals surface area (Å²) in [6.45, 7) is 3.88. The number of aliphatic hydroxyl groups excluding tert-OH is 1. The van der Waals surface area contributed by atoms with E-state index in [4.69, 9.17) is 0 Å². The van der Waals surface area contributed by atoms with Gasteiger partial charge in [-0.1, -0.05) is 54.4 Å². The number of carbonyl (C=O) groups is 1. The minimum absolute atomic E-state index is 0.219. The standard InChI is InChI=1S/C23H26N2O2/c1-16-9-11-17(12-10-16)21(25-13-5-2-6-14-25)23(27)22(26)19-15-24-20-8-4-3-7-18(19)20/h3-4,7-12,15,21,23-24,27H,2,5-6,13-14H2,1H3. The molecule has 2 unspecified atom stereocenters. The van der Waals surface area contributed by atoms with Crippen molar-refractivity contribution < 1.29 is 9.90 Å². The van der Waals surface area contributed by atoms with Crippen LogP contribution in [0.5, 0.6) is 0 Å². The number of piperidine rings is 1. The van der Waals surface area contributed by atoms with Gasteiger partial charge in [-0.25, -0.2) is 0 Å². The molecule has 27 heavy (non-hydrogen) atoms. The van der Waals surface area contributed by atoms with E-state index in [1.165, 1.54) is 12.0 Å². The van der Waals surface area contributed by atoms with Crippen LogP contribution in [0.3, 0.4) is 0 Å². The molecule has 1 saturated heterocycles. The average Bonchev–Trinajstić information content (AvgIpc) is 3.14. The van der Waals surface area contributed by atoms with Crippen molar-refractivity contribution in [1.29, 1.82) is 0 Å². The highest BCUT2D eigenvalue weighted by Gasteiger charge is 2.34. The fourth-order valence-electron chi connectivity index (χ4n) is 4.13. The molecule has 1 aliphatic heterocycles. The number of nitrogens with zero attached hydrogens (tertiary/aromatic N) is 1. The Labute approximate surface area is 159 Å². The van der Waals surface area contributed by atoms with Crippen molar-refractivity contribution in [1.82, 2.24) is 9.88 Å². The van der Waals surface area contributed by atoms with Crippen molar-refractivity contribution in [3.63, 3.8) is 0 Å². The van der Waals surface area contributed by atoms with Gasteiger partial charge in [0, 0.05) is 22.7 Å². The summed E-state index contributed by atoms with van der Waals surface area (Å²) >= 11 is 0. The molecule has 1 fully saturated rings. The smallest absolute Gasteiger partial charge is 0.195 e. The van der Waals surface area contributed by atoms with Crippen molar-refractivity contribution in [2.75, 3.05) is 13.1 Å². The van der Waals surface area contributed by atoms with Gasteiger partial charge in [-0.3, -0.25) is 9.69 Å². The highest BCUT2D eigenvalue weighted by molar-refractivity contribution is 6.10. The highest BCUT2D eigenvalue weighted by atomic mass is 16.3. The number of hydrogen-bond acceptors (Lipinski definition) is 3. The van der Waals surface area contributed by atoms with Crippen molar-refractivity contribution in [3.05, 3.63) is 71.4 Å². The number of ketones is 1. The predicted octanol–water partition coefficient (Wildman–Crippen LogP) is 4.25. The van der Waals surface area contributed by atoms with E-state index in [0.29, 0.717) is 5.56 Å². The molecule has 0 spiro atoms. The number of benzene rings is 2. The van der Waals surface area contributed by atoms with Gasteiger partial charge in [0.15, 0.2) is 5.78 Å². The lowest BCUT2D eigenvalue weighted by Crippen LogP contribution is -2.43. The molecule has 2 N–H and O–H groups in total. The van der Waals surface area contributed by atoms with E-state index in [9.17, 15) is 9.90 Å². The molecule has 1 aliphatic rings. The zero-order chi connectivity index (χ0) is 18.8. The zero-order valence-corrected chi connectivity index (χ0v) is 15.7. The molecular formula is C23H26N2O2. The summed E-state index contributed by atoms with van der Waals surface area (Å²) in [4.78, 5) is 18.7. The Kier molecular flexibility index (Phi) is 5.10. The van der Waals surface area contributed by atoms with E-state index < -0.39 is 6.10 Å². The van der Waals surface area contributed by atoms with Gasteiger partial charge in [-0.2, -0.15) is 0 Å². The van der Waals surface area contributed by atoms with Crippen LogP contribution in [0.2, 0.25) is 0 Å². The SMILES string of the molecule is Cc1ccc(C(C(O)C(=O)c2c[nH]c3ccccc23)N2CCCCC2)cc1. The van der Waals surface area contributed by atoms with E-state index in [1.54, 1.807) is 6.20 Å². The Morgan fingerprint density at radius 3 is 2.48 bits per heavy atom. The molecule has 4 heteroatoms. The molecule has 0 radical (unpaired) electrons. The van der Waals surface area contributed by atoms with Crippen molar-refractivity contribution >= 4 is 16.7 Å². The second-order valence-electron chi connectivity index (χ2n) is 7.51. The molecule has 4 rings (SSSR count). The molecular weight excluding hydrogens is 336 g/mol. The maximum Gasteiger partial charge on any atom is 0.195 e. The molecule has 0 aliphatic carbocycles. The number of nitrogens with one attached hydrogen (secondary N) is 1. The number of Topliss-reactive ketones (excluding diaryl/α,β-unsaturated/α-hetero) is 1. The molecule has 3 aromatic rings. The maximum absolute atomic E-state index is 13.2. The molecule has 2 atom stereocenters. The number of aromatic nitrogens is 1. The largest absolute Gasteiger partial charge is 0.383 e. The summed E-state index contributed by atoms with van der Waals surface area (Å²) in [6, 6.07) is 15.6. The second-order valence-corrected chi connectivity index (χ2v) is 7.51. The first-order valence-electron chi connectivity index (χ1n) is 9.74. The first-order valence-corrected chi connectivity index (χ1v) is 9.74. The van der Waals surface area contributed by atoms with Gasteiger partial charge in [0.05, 0.1) is 6.04 Å². The van der Waals surface area contributed by atoms with E-state index >= 15 is 0 Å². The second kappa shape index (κ2) is 7.67. The lowest BCUT2D eigenvalue weighted by atomic mass is 9.91. The summed E-state index contributed by atoms with van der Waals surface area (Å²) in [5.41, 5.74) is 3.65. The predicted molar refractivity (Wildman–Crippen MR) is 108 cm³/mol. The fourth-order valence-corrected chi connectivity index (χ4v) is 4.13. The number of H-pyrrole nitrogens is 1. The number of rotatable bonds is 5. The summed E-state index contributed by atoms with van der Waals surface area (Å²) < 4.78 is 0. The minimum Gasteiger partial charge on any atom is -0.383 e. The fraction of sp³-hybridized carbons (Fsp3) is 0.348. The molecule has 0 bridgehead atoms. The monoisotopic (exact) mass is 362 g/mol. The molecule has 2 heterocycles. The highest BCUT2D eigenvalue weighted by Crippen LogP contribution is 2.31. The van der Waals surface area contributed by atoms with Crippen molar-refractivity contribution in [3.8, 4) is 0 Å². The Bertz CT molecular complexity index is 923. The zero-order valence-electron chi connectivity index (χ0n) is 15.7. The van der Waals surface area contributed by atoms with Crippen molar-refractivity contribution in [2.45, 2.75) is 38.3 Å². The van der Waals surface area contributed by atoms with Gasteiger partial charge < -0.3 is 10.1 Å². The topological polar surface area (TPSA) is 56.3 Å². The first kappa shape index (κ1) is 18.0. The number of aromatic amines is 1. The van der Waals surface area contributed by atoms with Crippen molar-refractivity contribution in [2.24, 2.45) is 0 Å². The van der Waals surface area contributed by atoms with Crippen LogP contribution in [0, 0.1) is 6.92 Å². The maximum atomic E-state index is 13.2. The van der Waals surface area contributed by atoms with E-state index in [2.05, 4.69) is 22.0 Å². The van der Waals surface area contributed by atoms with Gasteiger partial charge in [0.2, 0.25) is 0 Å². The first-order chi connectivity index (χ1) is 13.1. The average molecular weight is 362 g/mol. The lowest BCUT2D eigenvalue weighted by Gasteiger charge is -2.37. The number of aryl methyl sites for hydroxylation is 1. The van der Waals surface area contributed by atoms with Gasteiger partial charge >= 0.3 is 0 Å². The normalized spacial score (nSPS) is 17.7. The summed E-state index contributed by atoms with van der Waals surface area (Å²) in [5, 5.41) is 12.0. The third-order valence-corrected chi connectivity index (χ3v) is 5.63. The number of aliphatic hydroxyl groups is 1. The molecule has 4 nitrogen and oxygen atoms in total. The van der Waals surface area contributed by atoms with Gasteiger partial charge in [0.1, 0.15) is 6.10 Å². The summed E-state index contributed by atoms with van der Waals surface area (Å²) in [7, 11) is 0. The number of para-hydroxylation sites is 1. The van der Waals surface area contributed by atoms with Crippen LogP contribution in [0.25, 0.3) is 10.9 Å². The summed E-state index contributed by atoms with van der Waals surface area (Å²) in [6.07, 6.45) is 4.06. The van der Waals surface area contributed by atoms with Crippen LogP contribution < -0.4 is 0 Å². The molecule has 0 amide bonds. The quantitative estimate of drug-likeness (QED) is 0.667. The van der Waals surface area contributed by atoms with Crippen LogP contribution in [0.4, 0.5) is 0 Å². The lowest BCUT2D eigenvalue weighted by molar-refractivity contribution is 0.0324. The summed E-state index contributed by atoms with van der Waals surface area (Å²) in [5.74, 6) is -0.219. The molecule has 140 valence electrons. The molecule has 1 aromatic heterocycles. The Morgan fingerprint density at radius 2 is 1.74 bits per heavy atom. The van der Waals surface area contributed by atoms with E-state index in [-0.39, 0.29) is 11.8 Å². The van der Waals surface area contributed by atoms with Crippen LogP contribution in [0.1, 0.15) is 46.8 Å². The molecule has 2 aromatic carbocycles. The Hall–Kier alpha value is -2.43. The van der Waals surface area contributed by atoms with Crippen LogP contribution >= 0.6 is 0 Å². The third kappa shape index (κ3) is 3.55. The van der Waals surface area contributed by atoms with Crippen LogP contribution in [-0.4, -0.2) is 40.0 Å².